The highest BCUT2D eigenvalue weighted by Gasteiger charge is 2.28. The first-order valence-electron chi connectivity index (χ1n) is 10.2. The number of nitrogens with one attached hydrogen (secondary N) is 1. The summed E-state index contributed by atoms with van der Waals surface area (Å²) in [5.74, 6) is 0.941. The lowest BCUT2D eigenvalue weighted by molar-refractivity contribution is 0.276. The molecule has 1 aromatic carbocycles. The highest BCUT2D eigenvalue weighted by Crippen LogP contribution is 2.28. The molecular weight excluding hydrogens is 452 g/mol. The second-order valence-corrected chi connectivity index (χ2v) is 11.7. The maximum atomic E-state index is 12.0. The van der Waals surface area contributed by atoms with E-state index in [4.69, 9.17) is 5.14 Å². The number of rotatable bonds is 6. The number of sulfonamides is 2. The first kappa shape index (κ1) is 22.6. The number of para-hydroxylation sites is 1. The van der Waals surface area contributed by atoms with E-state index in [1.165, 1.54) is 16.8 Å². The number of nitrogens with two attached hydrogens (primary N) is 1. The van der Waals surface area contributed by atoms with Gasteiger partial charge in [-0.15, -0.1) is 0 Å². The van der Waals surface area contributed by atoms with E-state index in [2.05, 4.69) is 15.3 Å². The highest BCUT2D eigenvalue weighted by molar-refractivity contribution is 7.89. The van der Waals surface area contributed by atoms with Crippen LogP contribution in [-0.4, -0.2) is 61.1 Å². The van der Waals surface area contributed by atoms with E-state index in [1.54, 1.807) is 42.1 Å². The van der Waals surface area contributed by atoms with Gasteiger partial charge in [0.05, 0.1) is 11.8 Å². The Morgan fingerprint density at radius 2 is 1.78 bits per heavy atom. The first-order chi connectivity index (χ1) is 15.0. The normalized spacial score (nSPS) is 20.0. The van der Waals surface area contributed by atoms with E-state index >= 15 is 0 Å². The Balaban J connectivity index is 1.55. The second kappa shape index (κ2) is 8.43. The number of anilines is 1. The Labute approximate surface area is 187 Å². The molecule has 12 heteroatoms. The van der Waals surface area contributed by atoms with E-state index in [-0.39, 0.29) is 17.0 Å². The van der Waals surface area contributed by atoms with Crippen molar-refractivity contribution in [2.75, 3.05) is 18.6 Å². The van der Waals surface area contributed by atoms with Crippen LogP contribution in [0.5, 0.6) is 0 Å². The van der Waals surface area contributed by atoms with Crippen LogP contribution in [0.3, 0.4) is 0 Å². The SMILES string of the molecule is CN(C1CCC(Nc2nccc(-n3cc(S(N)(=O)=O)c4ccccc43)n2)CC1)S(C)(=O)=O. The summed E-state index contributed by atoms with van der Waals surface area (Å²) in [5.41, 5.74) is 0.672. The van der Waals surface area contributed by atoms with Crippen LogP contribution in [0.4, 0.5) is 5.95 Å². The van der Waals surface area contributed by atoms with Gasteiger partial charge in [0.25, 0.3) is 0 Å². The Morgan fingerprint density at radius 3 is 2.44 bits per heavy atom. The fourth-order valence-electron chi connectivity index (χ4n) is 4.15. The molecule has 1 aliphatic carbocycles. The Bertz CT molecular complexity index is 1350. The lowest BCUT2D eigenvalue weighted by atomic mass is 9.91. The molecule has 10 nitrogen and oxygen atoms in total. The molecule has 0 bridgehead atoms. The predicted molar refractivity (Wildman–Crippen MR) is 123 cm³/mol. The number of primary sulfonamides is 1. The van der Waals surface area contributed by atoms with Crippen molar-refractivity contribution in [3.8, 4) is 5.82 Å². The topological polar surface area (TPSA) is 140 Å². The third kappa shape index (κ3) is 4.63. The number of hydrogen-bond donors (Lipinski definition) is 2. The van der Waals surface area contributed by atoms with Crippen LogP contribution in [0.25, 0.3) is 16.7 Å². The molecule has 3 aromatic rings. The van der Waals surface area contributed by atoms with E-state index in [1.807, 2.05) is 6.07 Å². The Morgan fingerprint density at radius 1 is 1.09 bits per heavy atom. The molecule has 172 valence electrons. The van der Waals surface area contributed by atoms with Crippen molar-refractivity contribution in [3.63, 3.8) is 0 Å². The minimum absolute atomic E-state index is 0.00169. The van der Waals surface area contributed by atoms with Gasteiger partial charge in [0.2, 0.25) is 26.0 Å². The van der Waals surface area contributed by atoms with Gasteiger partial charge in [-0.3, -0.25) is 4.57 Å². The molecule has 2 heterocycles. The van der Waals surface area contributed by atoms with Crippen molar-refractivity contribution >= 4 is 36.9 Å². The van der Waals surface area contributed by atoms with Crippen molar-refractivity contribution in [2.45, 2.75) is 42.7 Å². The minimum Gasteiger partial charge on any atom is -0.351 e. The minimum atomic E-state index is -3.90. The molecule has 0 unspecified atom stereocenters. The van der Waals surface area contributed by atoms with Gasteiger partial charge in [-0.05, 0) is 37.8 Å². The van der Waals surface area contributed by atoms with Crippen molar-refractivity contribution in [3.05, 3.63) is 42.7 Å². The average Bonchev–Trinajstić information content (AvgIpc) is 3.14. The summed E-state index contributed by atoms with van der Waals surface area (Å²) < 4.78 is 50.7. The fourth-order valence-corrected chi connectivity index (χ4v) is 5.64. The first-order valence-corrected chi connectivity index (χ1v) is 13.6. The third-order valence-electron chi connectivity index (χ3n) is 5.94. The number of nitrogens with zero attached hydrogens (tertiary/aromatic N) is 4. The zero-order valence-corrected chi connectivity index (χ0v) is 19.5. The molecule has 3 N–H and O–H groups in total. The molecule has 0 saturated heterocycles. The monoisotopic (exact) mass is 478 g/mol. The number of hydrogen-bond acceptors (Lipinski definition) is 7. The number of benzene rings is 1. The third-order valence-corrected chi connectivity index (χ3v) is 8.22. The summed E-state index contributed by atoms with van der Waals surface area (Å²) in [6.07, 6.45) is 7.39. The van der Waals surface area contributed by atoms with Gasteiger partial charge in [-0.2, -0.15) is 4.98 Å². The second-order valence-electron chi connectivity index (χ2n) is 8.09. The molecular formula is C20H26N6O4S2. The summed E-state index contributed by atoms with van der Waals surface area (Å²) in [6, 6.07) is 8.90. The molecule has 0 amide bonds. The van der Waals surface area contributed by atoms with E-state index in [0.29, 0.717) is 22.7 Å². The number of fused-ring (bicyclic) bond motifs is 1. The van der Waals surface area contributed by atoms with Gasteiger partial charge in [0.15, 0.2) is 0 Å². The van der Waals surface area contributed by atoms with Gasteiger partial charge in [-0.1, -0.05) is 18.2 Å². The summed E-state index contributed by atoms with van der Waals surface area (Å²) >= 11 is 0. The molecule has 1 aliphatic rings. The smallest absolute Gasteiger partial charge is 0.240 e. The molecule has 2 aromatic heterocycles. The summed E-state index contributed by atoms with van der Waals surface area (Å²) in [6.45, 7) is 0. The van der Waals surface area contributed by atoms with Crippen LogP contribution in [0.15, 0.2) is 47.6 Å². The molecule has 0 atom stereocenters. The molecule has 0 spiro atoms. The average molecular weight is 479 g/mol. The highest BCUT2D eigenvalue weighted by atomic mass is 32.2. The number of aromatic nitrogens is 3. The summed E-state index contributed by atoms with van der Waals surface area (Å²) in [4.78, 5) is 8.91. The Kier molecular flexibility index (Phi) is 5.96. The van der Waals surface area contributed by atoms with Crippen LogP contribution in [0.2, 0.25) is 0 Å². The van der Waals surface area contributed by atoms with Gasteiger partial charge in [-0.25, -0.2) is 31.3 Å². The van der Waals surface area contributed by atoms with Crippen LogP contribution in [0.1, 0.15) is 25.7 Å². The molecule has 4 rings (SSSR count). The maximum absolute atomic E-state index is 12.0. The Hall–Kier alpha value is -2.54. The summed E-state index contributed by atoms with van der Waals surface area (Å²) in [5, 5.41) is 9.25. The molecule has 0 radical (unpaired) electrons. The standard InChI is InChI=1S/C20H26N6O4S2/c1-25(31(2,27)28)15-9-7-14(8-10-15)23-20-22-12-11-19(24-20)26-13-18(32(21,29)30)16-5-3-4-6-17(16)26/h3-6,11-15H,7-10H2,1-2H3,(H2,21,29,30)(H,22,23,24). The van der Waals surface area contributed by atoms with Crippen molar-refractivity contribution in [1.29, 1.82) is 0 Å². The maximum Gasteiger partial charge on any atom is 0.240 e. The van der Waals surface area contributed by atoms with Crippen molar-refractivity contribution in [2.24, 2.45) is 5.14 Å². The quantitative estimate of drug-likeness (QED) is 0.549. The van der Waals surface area contributed by atoms with E-state index < -0.39 is 20.0 Å². The van der Waals surface area contributed by atoms with Gasteiger partial charge in [0.1, 0.15) is 10.7 Å². The van der Waals surface area contributed by atoms with E-state index in [9.17, 15) is 16.8 Å². The van der Waals surface area contributed by atoms with Crippen molar-refractivity contribution in [1.82, 2.24) is 18.8 Å². The lowest BCUT2D eigenvalue weighted by Crippen LogP contribution is -2.41. The molecule has 1 saturated carbocycles. The van der Waals surface area contributed by atoms with Gasteiger partial charge < -0.3 is 5.32 Å². The van der Waals surface area contributed by atoms with Crippen LogP contribution in [0, 0.1) is 0 Å². The van der Waals surface area contributed by atoms with Crippen molar-refractivity contribution < 1.29 is 16.8 Å². The zero-order chi connectivity index (χ0) is 23.1. The molecule has 1 fully saturated rings. The fraction of sp³-hybridized carbons (Fsp3) is 0.400. The van der Waals surface area contributed by atoms with E-state index in [0.717, 1.165) is 25.7 Å². The van der Waals surface area contributed by atoms with Crippen LogP contribution in [-0.2, 0) is 20.0 Å². The zero-order valence-electron chi connectivity index (χ0n) is 17.8. The van der Waals surface area contributed by atoms with Gasteiger partial charge >= 0.3 is 0 Å². The molecule has 0 aliphatic heterocycles. The molecule has 32 heavy (non-hydrogen) atoms. The lowest BCUT2D eigenvalue weighted by Gasteiger charge is -2.33. The predicted octanol–water partition coefficient (Wildman–Crippen LogP) is 1.68. The summed E-state index contributed by atoms with van der Waals surface area (Å²) in [7, 11) is -5.48. The van der Waals surface area contributed by atoms with Crippen LogP contribution < -0.4 is 10.5 Å². The largest absolute Gasteiger partial charge is 0.351 e. The van der Waals surface area contributed by atoms with Gasteiger partial charge in [0, 0.05) is 36.9 Å². The van der Waals surface area contributed by atoms with Crippen LogP contribution >= 0.6 is 0 Å².